The predicted octanol–water partition coefficient (Wildman–Crippen LogP) is 4.98. The minimum atomic E-state index is -1.46. The fraction of sp³-hybridized carbons (Fsp3) is 0.480. The minimum Gasteiger partial charge on any atom is -0.306 e. The number of rotatable bonds is 7. The molecule has 1 saturated carbocycles. The first-order chi connectivity index (χ1) is 13.8. The quantitative estimate of drug-likeness (QED) is 0.354. The van der Waals surface area contributed by atoms with Crippen molar-refractivity contribution in [2.75, 3.05) is 14.1 Å². The zero-order valence-corrected chi connectivity index (χ0v) is 20.6. The van der Waals surface area contributed by atoms with Gasteiger partial charge < -0.3 is 9.69 Å². The van der Waals surface area contributed by atoms with Crippen LogP contribution in [0.1, 0.15) is 13.3 Å². The maximum atomic E-state index is 12.5. The van der Waals surface area contributed by atoms with Crippen LogP contribution >= 0.6 is 7.92 Å². The average molecular weight is 426 g/mol. The lowest BCUT2D eigenvalue weighted by atomic mass is 9.89. The molecule has 0 aliphatic heterocycles. The molecule has 0 heterocycles. The van der Waals surface area contributed by atoms with Crippen LogP contribution in [-0.2, 0) is 4.79 Å². The van der Waals surface area contributed by atoms with Crippen LogP contribution < -0.4 is 10.6 Å². The summed E-state index contributed by atoms with van der Waals surface area (Å²) in [5.74, 6) is 0.562. The van der Waals surface area contributed by atoms with Crippen molar-refractivity contribution in [3.8, 4) is 0 Å². The first kappa shape index (κ1) is 22.4. The van der Waals surface area contributed by atoms with Crippen molar-refractivity contribution in [3.05, 3.63) is 60.7 Å². The molecular weight excluding hydrogens is 389 g/mol. The van der Waals surface area contributed by atoms with Gasteiger partial charge in [-0.05, 0) is 63.1 Å². The first-order valence-electron chi connectivity index (χ1n) is 10.8. The normalized spacial score (nSPS) is 26.1. The molecule has 0 amide bonds. The molecule has 2 nitrogen and oxygen atoms in total. The maximum Gasteiger partial charge on any atom is 0.123 e. The van der Waals surface area contributed by atoms with E-state index in [0.717, 1.165) is 0 Å². The van der Waals surface area contributed by atoms with Crippen molar-refractivity contribution in [1.82, 2.24) is 4.90 Å². The second-order valence-corrected chi connectivity index (χ2v) is 17.7. The zero-order chi connectivity index (χ0) is 21.2. The number of hydrogen-bond donors (Lipinski definition) is 0. The molecule has 4 heteroatoms. The maximum absolute atomic E-state index is 12.5. The van der Waals surface area contributed by atoms with Crippen molar-refractivity contribution in [2.45, 2.75) is 50.2 Å². The van der Waals surface area contributed by atoms with Gasteiger partial charge in [0.05, 0.1) is 0 Å². The van der Waals surface area contributed by atoms with Gasteiger partial charge in [-0.15, -0.1) is 0 Å². The zero-order valence-electron chi connectivity index (χ0n) is 18.7. The summed E-state index contributed by atoms with van der Waals surface area (Å²) in [7, 11) is 2.35. The van der Waals surface area contributed by atoms with E-state index in [0.29, 0.717) is 23.2 Å². The molecule has 2 aromatic rings. The van der Waals surface area contributed by atoms with Gasteiger partial charge in [-0.3, -0.25) is 0 Å². The summed E-state index contributed by atoms with van der Waals surface area (Å²) in [4.78, 5) is 14.8. The Morgan fingerprint density at radius 1 is 0.966 bits per heavy atom. The summed E-state index contributed by atoms with van der Waals surface area (Å²) in [5, 5.41) is 2.88. The number of nitrogens with zero attached hydrogens (tertiary/aromatic N) is 1. The van der Waals surface area contributed by atoms with E-state index in [4.69, 9.17) is 0 Å². The van der Waals surface area contributed by atoms with Crippen molar-refractivity contribution in [2.24, 2.45) is 11.8 Å². The topological polar surface area (TPSA) is 20.3 Å². The molecule has 5 atom stereocenters. The van der Waals surface area contributed by atoms with E-state index in [1.807, 2.05) is 0 Å². The molecule has 0 spiro atoms. The number of carbonyl (C=O) groups excluding carboxylic acids is 1. The van der Waals surface area contributed by atoms with Crippen LogP contribution in [0.25, 0.3) is 0 Å². The SMILES string of the molecule is C[C@H](C1C(C=O)C([Si](C)(C)C)CC1P(c1ccccc1)c1ccccc1)N(C)C. The fourth-order valence-corrected chi connectivity index (χ4v) is 11.1. The third-order valence-electron chi connectivity index (χ3n) is 6.89. The van der Waals surface area contributed by atoms with Gasteiger partial charge in [0, 0.05) is 20.0 Å². The van der Waals surface area contributed by atoms with Gasteiger partial charge in [0.25, 0.3) is 0 Å². The van der Waals surface area contributed by atoms with Crippen molar-refractivity contribution in [1.29, 1.82) is 0 Å². The van der Waals surface area contributed by atoms with Crippen molar-refractivity contribution >= 4 is 32.9 Å². The second kappa shape index (κ2) is 9.25. The Morgan fingerprint density at radius 3 is 1.83 bits per heavy atom. The summed E-state index contributed by atoms with van der Waals surface area (Å²) in [5.41, 5.74) is 1.08. The molecule has 4 unspecified atom stereocenters. The standard InChI is InChI=1S/C25H36NOPSi/c1-19(26(2)3)25-22(18-27)24(29(4,5)6)17-23(25)28(20-13-9-7-10-14-20)21-15-11-8-12-16-21/h7-16,18-19,22-25H,17H2,1-6H3/t19-,22?,23?,24?,25?/m1/s1. The van der Waals surface area contributed by atoms with E-state index in [1.54, 1.807) is 0 Å². The molecule has 0 aromatic heterocycles. The Morgan fingerprint density at radius 2 is 1.45 bits per heavy atom. The minimum absolute atomic E-state index is 0.168. The number of aldehydes is 1. The molecule has 1 fully saturated rings. The third kappa shape index (κ3) is 4.73. The second-order valence-electron chi connectivity index (χ2n) is 9.81. The van der Waals surface area contributed by atoms with Crippen LogP contribution in [0.2, 0.25) is 25.2 Å². The first-order valence-corrected chi connectivity index (χ1v) is 15.8. The molecule has 0 N–H and O–H groups in total. The Balaban J connectivity index is 2.14. The summed E-state index contributed by atoms with van der Waals surface area (Å²) in [6, 6.07) is 22.5. The highest BCUT2D eigenvalue weighted by Gasteiger charge is 2.52. The van der Waals surface area contributed by atoms with Crippen LogP contribution in [-0.4, -0.2) is 45.1 Å². The molecule has 0 saturated heterocycles. The van der Waals surface area contributed by atoms with E-state index in [9.17, 15) is 4.79 Å². The number of carbonyl (C=O) groups is 1. The Labute approximate surface area is 179 Å². The van der Waals surface area contributed by atoms with Crippen molar-refractivity contribution in [3.63, 3.8) is 0 Å². The van der Waals surface area contributed by atoms with Gasteiger partial charge in [0.2, 0.25) is 0 Å². The summed E-state index contributed by atoms with van der Waals surface area (Å²) < 4.78 is 0. The van der Waals surface area contributed by atoms with Crippen LogP contribution in [0.4, 0.5) is 0 Å². The van der Waals surface area contributed by atoms with Gasteiger partial charge in [-0.1, -0.05) is 80.3 Å². The molecule has 156 valence electrons. The number of benzene rings is 2. The highest BCUT2D eigenvalue weighted by atomic mass is 31.1. The lowest BCUT2D eigenvalue weighted by molar-refractivity contribution is -0.112. The Bertz CT molecular complexity index is 750. The number of hydrogen-bond acceptors (Lipinski definition) is 2. The van der Waals surface area contributed by atoms with Gasteiger partial charge in [-0.2, -0.15) is 0 Å². The molecule has 0 radical (unpaired) electrons. The highest BCUT2D eigenvalue weighted by molar-refractivity contribution is 7.73. The predicted molar refractivity (Wildman–Crippen MR) is 131 cm³/mol. The monoisotopic (exact) mass is 425 g/mol. The molecule has 29 heavy (non-hydrogen) atoms. The van der Waals surface area contributed by atoms with Gasteiger partial charge in [0.1, 0.15) is 6.29 Å². The lowest BCUT2D eigenvalue weighted by Gasteiger charge is -2.37. The Hall–Kier alpha value is -1.28. The van der Waals surface area contributed by atoms with Gasteiger partial charge >= 0.3 is 0 Å². The van der Waals surface area contributed by atoms with E-state index in [2.05, 4.69) is 106 Å². The Kier molecular flexibility index (Phi) is 7.14. The largest absolute Gasteiger partial charge is 0.306 e. The average Bonchev–Trinajstić information content (AvgIpc) is 3.08. The molecule has 3 rings (SSSR count). The smallest absolute Gasteiger partial charge is 0.123 e. The van der Waals surface area contributed by atoms with Crippen LogP contribution in [0.15, 0.2) is 60.7 Å². The van der Waals surface area contributed by atoms with Gasteiger partial charge in [0.15, 0.2) is 0 Å². The van der Waals surface area contributed by atoms with Crippen LogP contribution in [0, 0.1) is 11.8 Å². The summed E-state index contributed by atoms with van der Waals surface area (Å²) >= 11 is 0. The molecular formula is C25H36NOPSi. The van der Waals surface area contributed by atoms with E-state index in [-0.39, 0.29) is 5.92 Å². The van der Waals surface area contributed by atoms with Crippen LogP contribution in [0.5, 0.6) is 0 Å². The molecule has 1 aliphatic rings. The molecule has 0 bridgehead atoms. The van der Waals surface area contributed by atoms with E-state index in [1.165, 1.54) is 23.3 Å². The molecule has 2 aromatic carbocycles. The summed E-state index contributed by atoms with van der Waals surface area (Å²) in [6.07, 6.45) is 2.49. The lowest BCUT2D eigenvalue weighted by Crippen LogP contribution is -2.42. The van der Waals surface area contributed by atoms with E-state index < -0.39 is 16.0 Å². The van der Waals surface area contributed by atoms with Crippen LogP contribution in [0.3, 0.4) is 0 Å². The highest BCUT2D eigenvalue weighted by Crippen LogP contribution is 2.59. The third-order valence-corrected chi connectivity index (χ3v) is 12.7. The van der Waals surface area contributed by atoms with Crippen molar-refractivity contribution < 1.29 is 4.79 Å². The fourth-order valence-electron chi connectivity index (χ4n) is 5.19. The van der Waals surface area contributed by atoms with E-state index >= 15 is 0 Å². The summed E-state index contributed by atoms with van der Waals surface area (Å²) in [6.45, 7) is 9.66. The molecule has 1 aliphatic carbocycles. The van der Waals surface area contributed by atoms with Gasteiger partial charge in [-0.25, -0.2) is 0 Å².